The SMILES string of the molecule is Cc1ccc2c(c1)CC(CC1(CBr)CCC1)O2. The summed E-state index contributed by atoms with van der Waals surface area (Å²) in [5.74, 6) is 1.12. The Balaban J connectivity index is 1.70. The van der Waals surface area contributed by atoms with Gasteiger partial charge < -0.3 is 4.74 Å². The van der Waals surface area contributed by atoms with Gasteiger partial charge in [-0.25, -0.2) is 0 Å². The minimum Gasteiger partial charge on any atom is -0.490 e. The quantitative estimate of drug-likeness (QED) is 0.757. The van der Waals surface area contributed by atoms with E-state index < -0.39 is 0 Å². The van der Waals surface area contributed by atoms with Crippen molar-refractivity contribution < 1.29 is 4.74 Å². The van der Waals surface area contributed by atoms with Crippen LogP contribution in [-0.2, 0) is 6.42 Å². The summed E-state index contributed by atoms with van der Waals surface area (Å²) in [6, 6.07) is 6.55. The Morgan fingerprint density at radius 2 is 2.24 bits per heavy atom. The van der Waals surface area contributed by atoms with Crippen molar-refractivity contribution in [2.45, 2.75) is 45.1 Å². The molecule has 3 rings (SSSR count). The second-order valence-corrected chi connectivity index (χ2v) is 6.31. The number of alkyl halides is 1. The summed E-state index contributed by atoms with van der Waals surface area (Å²) in [5.41, 5.74) is 3.27. The van der Waals surface area contributed by atoms with Gasteiger partial charge in [0.05, 0.1) is 0 Å². The van der Waals surface area contributed by atoms with Crippen LogP contribution in [0.2, 0.25) is 0 Å². The van der Waals surface area contributed by atoms with E-state index in [1.54, 1.807) is 0 Å². The Morgan fingerprint density at radius 1 is 1.41 bits per heavy atom. The first-order valence-corrected chi connectivity index (χ1v) is 7.65. The van der Waals surface area contributed by atoms with Gasteiger partial charge in [0.25, 0.3) is 0 Å². The maximum Gasteiger partial charge on any atom is 0.123 e. The molecule has 1 aromatic carbocycles. The third-order valence-corrected chi connectivity index (χ3v) is 5.51. The molecule has 0 aromatic heterocycles. The zero-order valence-electron chi connectivity index (χ0n) is 10.3. The van der Waals surface area contributed by atoms with E-state index in [0.29, 0.717) is 11.5 Å². The van der Waals surface area contributed by atoms with Crippen LogP contribution in [0, 0.1) is 12.3 Å². The second-order valence-electron chi connectivity index (χ2n) is 5.75. The highest BCUT2D eigenvalue weighted by atomic mass is 79.9. The Labute approximate surface area is 112 Å². The molecule has 1 saturated carbocycles. The molecular formula is C15H19BrO. The van der Waals surface area contributed by atoms with Gasteiger partial charge in [-0.2, -0.15) is 0 Å². The summed E-state index contributed by atoms with van der Waals surface area (Å²) >= 11 is 3.68. The van der Waals surface area contributed by atoms with E-state index in [-0.39, 0.29) is 0 Å². The first-order valence-electron chi connectivity index (χ1n) is 6.53. The highest BCUT2D eigenvalue weighted by Gasteiger charge is 2.40. The molecule has 1 nitrogen and oxygen atoms in total. The van der Waals surface area contributed by atoms with Gasteiger partial charge in [-0.3, -0.25) is 0 Å². The predicted molar refractivity (Wildman–Crippen MR) is 74.0 cm³/mol. The molecule has 0 amide bonds. The topological polar surface area (TPSA) is 9.23 Å². The molecule has 1 heterocycles. The summed E-state index contributed by atoms with van der Waals surface area (Å²) in [6.45, 7) is 2.15. The standard InChI is InChI=1S/C15H19BrO/c1-11-3-4-14-12(7-11)8-13(17-14)9-15(10-16)5-2-6-15/h3-4,7,13H,2,5-6,8-10H2,1H3. The minimum absolute atomic E-state index is 0.407. The van der Waals surface area contributed by atoms with Crippen LogP contribution in [0.25, 0.3) is 0 Å². The molecule has 1 aromatic rings. The van der Waals surface area contributed by atoms with Gasteiger partial charge in [0.15, 0.2) is 0 Å². The van der Waals surface area contributed by atoms with Gasteiger partial charge in [-0.15, -0.1) is 0 Å². The Morgan fingerprint density at radius 3 is 2.88 bits per heavy atom. The number of benzene rings is 1. The maximum atomic E-state index is 6.07. The van der Waals surface area contributed by atoms with Crippen molar-refractivity contribution in [2.75, 3.05) is 5.33 Å². The molecule has 1 aliphatic carbocycles. The lowest BCUT2D eigenvalue weighted by atomic mass is 9.67. The summed E-state index contributed by atoms with van der Waals surface area (Å²) in [4.78, 5) is 0. The van der Waals surface area contributed by atoms with Crippen molar-refractivity contribution in [3.8, 4) is 5.75 Å². The van der Waals surface area contributed by atoms with Crippen LogP contribution in [0.3, 0.4) is 0 Å². The molecule has 1 aliphatic heterocycles. The molecule has 2 aliphatic rings. The van der Waals surface area contributed by atoms with E-state index in [1.807, 2.05) is 0 Å². The smallest absolute Gasteiger partial charge is 0.123 e. The van der Waals surface area contributed by atoms with Crippen LogP contribution < -0.4 is 4.74 Å². The molecule has 0 N–H and O–H groups in total. The summed E-state index contributed by atoms with van der Waals surface area (Å²) in [6.07, 6.45) is 6.85. The Kier molecular flexibility index (Phi) is 2.94. The van der Waals surface area contributed by atoms with E-state index in [1.165, 1.54) is 36.8 Å². The minimum atomic E-state index is 0.407. The molecule has 1 fully saturated rings. The number of ether oxygens (including phenoxy) is 1. The molecular weight excluding hydrogens is 276 g/mol. The van der Waals surface area contributed by atoms with Crippen molar-refractivity contribution in [3.05, 3.63) is 29.3 Å². The Hall–Kier alpha value is -0.500. The predicted octanol–water partition coefficient (Wildman–Crippen LogP) is 4.25. The number of hydrogen-bond acceptors (Lipinski definition) is 1. The average molecular weight is 295 g/mol. The largest absolute Gasteiger partial charge is 0.490 e. The summed E-state index contributed by atoms with van der Waals surface area (Å²) < 4.78 is 6.07. The van der Waals surface area contributed by atoms with Crippen LogP contribution >= 0.6 is 15.9 Å². The average Bonchev–Trinajstić information content (AvgIpc) is 2.65. The fourth-order valence-corrected chi connectivity index (χ4v) is 3.90. The molecule has 0 spiro atoms. The number of fused-ring (bicyclic) bond motifs is 1. The molecule has 0 saturated heterocycles. The lowest BCUT2D eigenvalue weighted by Crippen LogP contribution is -2.36. The van der Waals surface area contributed by atoms with Gasteiger partial charge in [-0.05, 0) is 43.2 Å². The summed E-state index contributed by atoms with van der Waals surface area (Å²) in [7, 11) is 0. The van der Waals surface area contributed by atoms with Crippen LogP contribution in [0.15, 0.2) is 18.2 Å². The first kappa shape index (κ1) is 11.6. The van der Waals surface area contributed by atoms with E-state index in [0.717, 1.165) is 17.5 Å². The summed E-state index contributed by atoms with van der Waals surface area (Å²) in [5, 5.41) is 1.13. The van der Waals surface area contributed by atoms with Crippen LogP contribution in [0.1, 0.15) is 36.8 Å². The number of rotatable bonds is 3. The lowest BCUT2D eigenvalue weighted by Gasteiger charge is -2.42. The van der Waals surface area contributed by atoms with Crippen LogP contribution in [0.4, 0.5) is 0 Å². The zero-order valence-corrected chi connectivity index (χ0v) is 11.9. The highest BCUT2D eigenvalue weighted by Crippen LogP contribution is 2.48. The van der Waals surface area contributed by atoms with E-state index in [9.17, 15) is 0 Å². The Bertz CT molecular complexity index is 417. The number of hydrogen-bond donors (Lipinski definition) is 0. The van der Waals surface area contributed by atoms with Crippen molar-refractivity contribution in [1.82, 2.24) is 0 Å². The van der Waals surface area contributed by atoms with Gasteiger partial charge in [0.2, 0.25) is 0 Å². The third-order valence-electron chi connectivity index (χ3n) is 4.32. The molecule has 92 valence electrons. The van der Waals surface area contributed by atoms with Crippen LogP contribution in [0.5, 0.6) is 5.75 Å². The highest BCUT2D eigenvalue weighted by molar-refractivity contribution is 9.09. The molecule has 1 unspecified atom stereocenters. The van der Waals surface area contributed by atoms with Gasteiger partial charge >= 0.3 is 0 Å². The van der Waals surface area contributed by atoms with Crippen molar-refractivity contribution >= 4 is 15.9 Å². The molecule has 1 atom stereocenters. The fourth-order valence-electron chi connectivity index (χ4n) is 3.12. The van der Waals surface area contributed by atoms with Gasteiger partial charge in [-0.1, -0.05) is 40.0 Å². The van der Waals surface area contributed by atoms with E-state index in [2.05, 4.69) is 41.1 Å². The molecule has 17 heavy (non-hydrogen) atoms. The molecule has 2 heteroatoms. The van der Waals surface area contributed by atoms with Crippen molar-refractivity contribution in [3.63, 3.8) is 0 Å². The van der Waals surface area contributed by atoms with Crippen molar-refractivity contribution in [2.24, 2.45) is 5.41 Å². The fraction of sp³-hybridized carbons (Fsp3) is 0.600. The molecule has 0 bridgehead atoms. The number of halogens is 1. The number of aryl methyl sites for hydroxylation is 1. The third kappa shape index (κ3) is 2.12. The maximum absolute atomic E-state index is 6.07. The van der Waals surface area contributed by atoms with E-state index >= 15 is 0 Å². The van der Waals surface area contributed by atoms with E-state index in [4.69, 9.17) is 4.74 Å². The monoisotopic (exact) mass is 294 g/mol. The lowest BCUT2D eigenvalue weighted by molar-refractivity contribution is 0.0846. The zero-order chi connectivity index (χ0) is 11.9. The molecule has 0 radical (unpaired) electrons. The van der Waals surface area contributed by atoms with Crippen LogP contribution in [-0.4, -0.2) is 11.4 Å². The van der Waals surface area contributed by atoms with Crippen molar-refractivity contribution in [1.29, 1.82) is 0 Å². The normalized spacial score (nSPS) is 24.9. The van der Waals surface area contributed by atoms with Gasteiger partial charge in [0.1, 0.15) is 11.9 Å². The van der Waals surface area contributed by atoms with Gasteiger partial charge in [0, 0.05) is 11.8 Å². The first-order chi connectivity index (χ1) is 8.21. The second kappa shape index (κ2) is 4.31.